The third-order valence-corrected chi connectivity index (χ3v) is 4.53. The Hall–Kier alpha value is -0.650. The normalized spacial score (nSPS) is 30.7. The minimum atomic E-state index is -0.00818. The summed E-state index contributed by atoms with van der Waals surface area (Å²) in [7, 11) is 1.73. The van der Waals surface area contributed by atoms with E-state index in [1.165, 1.54) is 0 Å². The maximum absolute atomic E-state index is 11.9. The Morgan fingerprint density at radius 2 is 2.05 bits per heavy atom. The number of hydrogen-bond donors (Lipinski definition) is 2. The number of piperidine rings is 1. The van der Waals surface area contributed by atoms with Crippen LogP contribution in [-0.2, 0) is 14.3 Å². The monoisotopic (exact) mass is 270 g/mol. The molecule has 1 heterocycles. The first-order valence-corrected chi connectivity index (χ1v) is 7.18. The fourth-order valence-corrected chi connectivity index (χ4v) is 2.92. The lowest BCUT2D eigenvalue weighted by molar-refractivity contribution is -0.138. The van der Waals surface area contributed by atoms with Crippen molar-refractivity contribution in [2.75, 3.05) is 26.8 Å². The van der Waals surface area contributed by atoms with E-state index in [9.17, 15) is 4.79 Å². The molecule has 1 aliphatic heterocycles. The number of methoxy groups -OCH3 is 1. The minimum Gasteiger partial charge on any atom is -0.381 e. The zero-order chi connectivity index (χ0) is 13.9. The molecule has 1 saturated heterocycles. The van der Waals surface area contributed by atoms with Gasteiger partial charge in [0.25, 0.3) is 0 Å². The molecule has 2 fully saturated rings. The average molecular weight is 270 g/mol. The average Bonchev–Trinajstić information content (AvgIpc) is 2.42. The molecule has 5 nitrogen and oxygen atoms in total. The Bertz CT molecular complexity index is 314. The second kappa shape index (κ2) is 6.20. The van der Waals surface area contributed by atoms with Crippen LogP contribution in [0.1, 0.15) is 33.1 Å². The lowest BCUT2D eigenvalue weighted by Crippen LogP contribution is -2.62. The first kappa shape index (κ1) is 14.8. The highest BCUT2D eigenvalue weighted by molar-refractivity contribution is 5.77. The molecule has 2 rings (SSSR count). The zero-order valence-corrected chi connectivity index (χ0v) is 12.2. The van der Waals surface area contributed by atoms with Crippen molar-refractivity contribution in [3.05, 3.63) is 0 Å². The lowest BCUT2D eigenvalue weighted by atomic mass is 9.64. The van der Waals surface area contributed by atoms with Gasteiger partial charge in [-0.05, 0) is 32.4 Å². The molecule has 110 valence electrons. The van der Waals surface area contributed by atoms with Crippen molar-refractivity contribution in [2.45, 2.75) is 51.4 Å². The van der Waals surface area contributed by atoms with Gasteiger partial charge in [-0.2, -0.15) is 0 Å². The van der Waals surface area contributed by atoms with E-state index in [4.69, 9.17) is 9.47 Å². The predicted octanol–water partition coefficient (Wildman–Crippen LogP) is 0.685. The summed E-state index contributed by atoms with van der Waals surface area (Å²) in [5.74, 6) is -0.00818. The molecule has 0 bridgehead atoms. The largest absolute Gasteiger partial charge is 0.381 e. The summed E-state index contributed by atoms with van der Waals surface area (Å²) in [5, 5.41) is 6.33. The van der Waals surface area contributed by atoms with Crippen LogP contribution in [0.4, 0.5) is 0 Å². The molecule has 0 aromatic rings. The summed E-state index contributed by atoms with van der Waals surface area (Å²) in [6.45, 7) is 6.40. The summed E-state index contributed by atoms with van der Waals surface area (Å²) in [4.78, 5) is 11.9. The highest BCUT2D eigenvalue weighted by atomic mass is 16.5. The van der Waals surface area contributed by atoms with Gasteiger partial charge in [0.2, 0.25) is 5.91 Å². The molecule has 19 heavy (non-hydrogen) atoms. The highest BCUT2D eigenvalue weighted by Gasteiger charge is 2.49. The van der Waals surface area contributed by atoms with Gasteiger partial charge in [0.1, 0.15) is 6.61 Å². The third-order valence-electron chi connectivity index (χ3n) is 4.53. The summed E-state index contributed by atoms with van der Waals surface area (Å²) in [6, 6.07) is 0.196. The maximum atomic E-state index is 11.9. The van der Waals surface area contributed by atoms with Crippen molar-refractivity contribution >= 4 is 5.91 Å². The van der Waals surface area contributed by atoms with E-state index >= 15 is 0 Å². The van der Waals surface area contributed by atoms with Gasteiger partial charge in [0.05, 0.1) is 12.2 Å². The summed E-state index contributed by atoms with van der Waals surface area (Å²) in [5.41, 5.74) is 0.0131. The van der Waals surface area contributed by atoms with E-state index in [2.05, 4.69) is 24.5 Å². The van der Waals surface area contributed by atoms with Crippen LogP contribution >= 0.6 is 0 Å². The Morgan fingerprint density at radius 1 is 1.37 bits per heavy atom. The third kappa shape index (κ3) is 3.46. The van der Waals surface area contributed by atoms with Gasteiger partial charge in [-0.15, -0.1) is 0 Å². The Morgan fingerprint density at radius 3 is 2.63 bits per heavy atom. The van der Waals surface area contributed by atoms with E-state index in [0.29, 0.717) is 0 Å². The topological polar surface area (TPSA) is 59.6 Å². The number of ether oxygens (including phenoxy) is 2. The van der Waals surface area contributed by atoms with Gasteiger partial charge in [-0.3, -0.25) is 4.79 Å². The van der Waals surface area contributed by atoms with Crippen molar-refractivity contribution in [2.24, 2.45) is 5.41 Å². The highest BCUT2D eigenvalue weighted by Crippen LogP contribution is 2.42. The molecule has 1 amide bonds. The standard InChI is InChI=1S/C14H26N2O3/c1-14(2)11(8-12(14)18-3)16-13(17)9-19-10-4-6-15-7-5-10/h10-12,15H,4-9H2,1-3H3,(H,16,17). The Labute approximate surface area is 115 Å². The van der Waals surface area contributed by atoms with Gasteiger partial charge in [-0.25, -0.2) is 0 Å². The molecule has 0 radical (unpaired) electrons. The van der Waals surface area contributed by atoms with Crippen molar-refractivity contribution in [1.82, 2.24) is 10.6 Å². The molecular weight excluding hydrogens is 244 g/mol. The van der Waals surface area contributed by atoms with Crippen LogP contribution in [0.5, 0.6) is 0 Å². The van der Waals surface area contributed by atoms with Crippen LogP contribution in [0, 0.1) is 5.41 Å². The van der Waals surface area contributed by atoms with Crippen LogP contribution in [0.25, 0.3) is 0 Å². The molecular formula is C14H26N2O3. The van der Waals surface area contributed by atoms with Gasteiger partial charge in [0, 0.05) is 18.6 Å². The zero-order valence-electron chi connectivity index (χ0n) is 12.2. The first-order chi connectivity index (χ1) is 9.04. The number of carbonyl (C=O) groups is 1. The molecule has 2 aliphatic rings. The van der Waals surface area contributed by atoms with Crippen LogP contribution in [0.2, 0.25) is 0 Å². The Kier molecular flexibility index (Phi) is 4.81. The molecule has 2 N–H and O–H groups in total. The Balaban J connectivity index is 1.67. The van der Waals surface area contributed by atoms with Crippen molar-refractivity contribution in [1.29, 1.82) is 0 Å². The molecule has 1 saturated carbocycles. The molecule has 2 unspecified atom stereocenters. The molecule has 1 aliphatic carbocycles. The minimum absolute atomic E-state index is 0.00818. The van der Waals surface area contributed by atoms with E-state index in [0.717, 1.165) is 32.4 Å². The number of hydrogen-bond acceptors (Lipinski definition) is 4. The lowest BCUT2D eigenvalue weighted by Gasteiger charge is -2.51. The second-order valence-electron chi connectivity index (χ2n) is 6.16. The number of carbonyl (C=O) groups excluding carboxylic acids is 1. The van der Waals surface area contributed by atoms with Gasteiger partial charge < -0.3 is 20.1 Å². The predicted molar refractivity (Wildman–Crippen MR) is 73.0 cm³/mol. The van der Waals surface area contributed by atoms with Crippen LogP contribution < -0.4 is 10.6 Å². The first-order valence-electron chi connectivity index (χ1n) is 7.18. The summed E-state index contributed by atoms with van der Waals surface area (Å²) < 4.78 is 11.0. The molecule has 2 atom stereocenters. The summed E-state index contributed by atoms with van der Waals surface area (Å²) in [6.07, 6.45) is 3.35. The molecule has 0 aromatic carbocycles. The van der Waals surface area contributed by atoms with Crippen molar-refractivity contribution in [3.63, 3.8) is 0 Å². The van der Waals surface area contributed by atoms with Gasteiger partial charge in [0.15, 0.2) is 0 Å². The van der Waals surface area contributed by atoms with E-state index in [1.807, 2.05) is 0 Å². The van der Waals surface area contributed by atoms with E-state index in [-0.39, 0.29) is 36.2 Å². The number of amides is 1. The molecule has 0 aromatic heterocycles. The molecule has 5 heteroatoms. The number of nitrogens with one attached hydrogen (secondary N) is 2. The smallest absolute Gasteiger partial charge is 0.246 e. The van der Waals surface area contributed by atoms with Crippen LogP contribution in [-0.4, -0.2) is 51.0 Å². The second-order valence-corrected chi connectivity index (χ2v) is 6.16. The van der Waals surface area contributed by atoms with Crippen LogP contribution in [0.3, 0.4) is 0 Å². The molecule has 0 spiro atoms. The van der Waals surface area contributed by atoms with E-state index < -0.39 is 0 Å². The van der Waals surface area contributed by atoms with Crippen molar-refractivity contribution < 1.29 is 14.3 Å². The van der Waals surface area contributed by atoms with Gasteiger partial charge >= 0.3 is 0 Å². The maximum Gasteiger partial charge on any atom is 0.246 e. The van der Waals surface area contributed by atoms with Crippen LogP contribution in [0.15, 0.2) is 0 Å². The fourth-order valence-electron chi connectivity index (χ4n) is 2.92. The van der Waals surface area contributed by atoms with Crippen molar-refractivity contribution in [3.8, 4) is 0 Å². The van der Waals surface area contributed by atoms with Gasteiger partial charge in [-0.1, -0.05) is 13.8 Å². The quantitative estimate of drug-likeness (QED) is 0.771. The van der Waals surface area contributed by atoms with E-state index in [1.54, 1.807) is 7.11 Å². The summed E-state index contributed by atoms with van der Waals surface area (Å²) >= 11 is 0. The SMILES string of the molecule is COC1CC(NC(=O)COC2CCNCC2)C1(C)C. The fraction of sp³-hybridized carbons (Fsp3) is 0.929. The number of rotatable bonds is 5.